The fourth-order valence-electron chi connectivity index (χ4n) is 6.38. The third-order valence-corrected chi connectivity index (χ3v) is 10.8. The first kappa shape index (κ1) is 35.2. The van der Waals surface area contributed by atoms with Crippen molar-refractivity contribution >= 4 is 34.3 Å². The van der Waals surface area contributed by atoms with Gasteiger partial charge in [-0.2, -0.15) is 8.78 Å². The number of ether oxygens (including phenoxy) is 2. The maximum Gasteiger partial charge on any atom is 0.218 e. The summed E-state index contributed by atoms with van der Waals surface area (Å²) in [6.07, 6.45) is 7.00. The summed E-state index contributed by atoms with van der Waals surface area (Å²) in [6.45, 7) is 9.43. The van der Waals surface area contributed by atoms with Crippen LogP contribution >= 0.6 is 22.7 Å². The lowest BCUT2D eigenvalue weighted by atomic mass is 9.99. The van der Waals surface area contributed by atoms with Gasteiger partial charge in [-0.15, -0.1) is 22.7 Å². The summed E-state index contributed by atoms with van der Waals surface area (Å²) < 4.78 is 37.9. The molecule has 52 heavy (non-hydrogen) atoms. The monoisotopic (exact) mass is 742 g/mol. The average molecular weight is 743 g/mol. The Bertz CT molecular complexity index is 2080. The Morgan fingerprint density at radius 3 is 1.69 bits per heavy atom. The van der Waals surface area contributed by atoms with E-state index in [4.69, 9.17) is 19.4 Å². The van der Waals surface area contributed by atoms with E-state index in [1.54, 1.807) is 34.8 Å². The highest BCUT2D eigenvalue weighted by molar-refractivity contribution is 7.15. The van der Waals surface area contributed by atoms with E-state index in [1.807, 2.05) is 54.5 Å². The van der Waals surface area contributed by atoms with Crippen LogP contribution in [0.1, 0.15) is 58.5 Å². The van der Waals surface area contributed by atoms with Gasteiger partial charge in [0.15, 0.2) is 11.6 Å². The van der Waals surface area contributed by atoms with Crippen molar-refractivity contribution in [3.05, 3.63) is 92.7 Å². The van der Waals surface area contributed by atoms with E-state index in [-0.39, 0.29) is 12.1 Å². The van der Waals surface area contributed by atoms with Crippen LogP contribution in [0.2, 0.25) is 0 Å². The maximum absolute atomic E-state index is 13.8. The molecule has 0 spiro atoms. The average Bonchev–Trinajstić information content (AvgIpc) is 3.79. The lowest BCUT2D eigenvalue weighted by Crippen LogP contribution is -2.35. The Labute approximate surface area is 307 Å². The summed E-state index contributed by atoms with van der Waals surface area (Å²) >= 11 is 3.17. The van der Waals surface area contributed by atoms with Gasteiger partial charge in [-0.3, -0.25) is 0 Å². The van der Waals surface area contributed by atoms with E-state index in [0.717, 1.165) is 55.9 Å². The number of methoxy groups -OCH3 is 2. The second kappa shape index (κ2) is 14.8. The molecule has 0 N–H and O–H groups in total. The quantitative estimate of drug-likeness (QED) is 0.161. The van der Waals surface area contributed by atoms with Gasteiger partial charge in [0, 0.05) is 85.3 Å². The largest absolute Gasteiger partial charge is 0.496 e. The summed E-state index contributed by atoms with van der Waals surface area (Å²) in [5, 5.41) is 3.96. The van der Waals surface area contributed by atoms with E-state index in [2.05, 4.69) is 36.8 Å². The number of pyridine rings is 2. The van der Waals surface area contributed by atoms with Crippen LogP contribution in [-0.2, 0) is 12.8 Å². The topological polar surface area (TPSA) is 128 Å². The second-order valence-corrected chi connectivity index (χ2v) is 14.6. The van der Waals surface area contributed by atoms with Gasteiger partial charge in [-0.1, -0.05) is 0 Å². The van der Waals surface area contributed by atoms with Gasteiger partial charge in [0.05, 0.1) is 52.6 Å². The molecule has 6 aromatic heterocycles. The molecule has 8 heterocycles. The molecule has 2 aliphatic rings. The van der Waals surface area contributed by atoms with Crippen LogP contribution in [0.3, 0.4) is 0 Å². The van der Waals surface area contributed by atoms with Crippen LogP contribution in [-0.4, -0.2) is 67.2 Å². The van der Waals surface area contributed by atoms with E-state index < -0.39 is 11.9 Å². The number of rotatable bonds is 6. The number of anilines is 2. The van der Waals surface area contributed by atoms with Crippen molar-refractivity contribution in [1.29, 1.82) is 0 Å². The van der Waals surface area contributed by atoms with Crippen molar-refractivity contribution in [2.75, 3.05) is 37.1 Å². The fraction of sp³-hybridized carbons (Fsp3) is 0.333. The highest BCUT2D eigenvalue weighted by Gasteiger charge is 2.29. The Morgan fingerprint density at radius 1 is 0.673 bits per heavy atom. The van der Waals surface area contributed by atoms with Gasteiger partial charge in [0.2, 0.25) is 11.9 Å². The Balaban J connectivity index is 0.000000162. The van der Waals surface area contributed by atoms with E-state index in [9.17, 15) is 8.78 Å². The summed E-state index contributed by atoms with van der Waals surface area (Å²) in [4.78, 5) is 40.3. The predicted octanol–water partition coefficient (Wildman–Crippen LogP) is 7.15. The standard InChI is InChI=1S/2C18H18FN5OS/c1-10-13-8-21-18(15-9-20-11(2)26-15)22-14(13)4-5-24(10)17-7-12(25-3)6-16(19)23-17;1-10-13-8-20-18(15-9-26-11(2)21-15)22-14(13)4-5-24(10)17-7-12(25-3)6-16(19)23-17/h2*6-10H,4-5H2,1-3H3. The van der Waals surface area contributed by atoms with E-state index in [0.29, 0.717) is 47.9 Å². The number of nitrogens with zero attached hydrogens (tertiary/aromatic N) is 10. The fourth-order valence-corrected chi connectivity index (χ4v) is 7.69. The SMILES string of the molecule is COc1cc(F)nc(N2CCc3nc(-c4cnc(C)s4)ncc3C2C)c1.COc1cc(F)nc(N2CCc3nc(-c4csc(C)n4)ncc3C2C)c1. The van der Waals surface area contributed by atoms with Crippen molar-refractivity contribution in [3.63, 3.8) is 0 Å². The number of aryl methyl sites for hydroxylation is 2. The van der Waals surface area contributed by atoms with Gasteiger partial charge >= 0.3 is 0 Å². The first-order valence-electron chi connectivity index (χ1n) is 16.6. The minimum Gasteiger partial charge on any atom is -0.496 e. The summed E-state index contributed by atoms with van der Waals surface area (Å²) in [7, 11) is 3.03. The molecule has 0 fully saturated rings. The summed E-state index contributed by atoms with van der Waals surface area (Å²) in [5.74, 6) is 2.28. The minimum absolute atomic E-state index is 0.00463. The molecule has 16 heteroatoms. The Morgan fingerprint density at radius 2 is 1.21 bits per heavy atom. The maximum atomic E-state index is 13.8. The molecular formula is C36H36F2N10O2S2. The van der Waals surface area contributed by atoms with Crippen molar-refractivity contribution in [2.45, 2.75) is 52.6 Å². The summed E-state index contributed by atoms with van der Waals surface area (Å²) in [5.41, 5.74) is 4.89. The molecule has 0 bridgehead atoms. The molecule has 0 aromatic carbocycles. The zero-order valence-corrected chi connectivity index (χ0v) is 31.1. The number of halogens is 2. The number of thiazole rings is 2. The van der Waals surface area contributed by atoms with Gasteiger partial charge in [-0.25, -0.2) is 39.9 Å². The van der Waals surface area contributed by atoms with Crippen molar-refractivity contribution in [1.82, 2.24) is 39.9 Å². The molecule has 0 saturated heterocycles. The number of fused-ring (bicyclic) bond motifs is 2. The van der Waals surface area contributed by atoms with Gasteiger partial charge in [0.1, 0.15) is 28.8 Å². The lowest BCUT2D eigenvalue weighted by molar-refractivity contribution is 0.408. The first-order valence-corrected chi connectivity index (χ1v) is 18.3. The number of hydrogen-bond acceptors (Lipinski definition) is 14. The van der Waals surface area contributed by atoms with Crippen LogP contribution in [0.25, 0.3) is 22.2 Å². The predicted molar refractivity (Wildman–Crippen MR) is 196 cm³/mol. The van der Waals surface area contributed by atoms with Crippen LogP contribution in [0.4, 0.5) is 20.4 Å². The first-order chi connectivity index (χ1) is 25.1. The number of hydrogen-bond donors (Lipinski definition) is 0. The Hall–Kier alpha value is -5.22. The van der Waals surface area contributed by atoms with Crippen LogP contribution in [0.5, 0.6) is 11.5 Å². The second-order valence-electron chi connectivity index (χ2n) is 12.3. The van der Waals surface area contributed by atoms with Crippen LogP contribution < -0.4 is 19.3 Å². The van der Waals surface area contributed by atoms with Crippen LogP contribution in [0, 0.1) is 25.7 Å². The zero-order chi connectivity index (χ0) is 36.5. The molecule has 0 saturated carbocycles. The van der Waals surface area contributed by atoms with Crippen molar-refractivity contribution in [3.8, 4) is 33.7 Å². The third-order valence-electron chi connectivity index (χ3n) is 9.07. The molecule has 0 radical (unpaired) electrons. The van der Waals surface area contributed by atoms with Crippen molar-refractivity contribution < 1.29 is 18.3 Å². The van der Waals surface area contributed by atoms with Gasteiger partial charge in [0.25, 0.3) is 0 Å². The highest BCUT2D eigenvalue weighted by atomic mass is 32.1. The smallest absolute Gasteiger partial charge is 0.218 e. The van der Waals surface area contributed by atoms with Gasteiger partial charge < -0.3 is 19.3 Å². The minimum atomic E-state index is -0.553. The molecule has 6 aromatic rings. The third kappa shape index (κ3) is 7.25. The zero-order valence-electron chi connectivity index (χ0n) is 29.5. The van der Waals surface area contributed by atoms with Crippen molar-refractivity contribution in [2.24, 2.45) is 0 Å². The molecule has 12 nitrogen and oxygen atoms in total. The number of aromatic nitrogens is 8. The summed E-state index contributed by atoms with van der Waals surface area (Å²) in [6, 6.07) is 6.03. The molecule has 2 aliphatic heterocycles. The van der Waals surface area contributed by atoms with Gasteiger partial charge in [-0.05, 0) is 27.7 Å². The molecule has 2 unspecified atom stereocenters. The molecule has 0 amide bonds. The lowest BCUT2D eigenvalue weighted by Gasteiger charge is -2.35. The van der Waals surface area contributed by atoms with Crippen LogP contribution in [0.15, 0.2) is 48.2 Å². The molecular weight excluding hydrogens is 707 g/mol. The molecule has 2 atom stereocenters. The Kier molecular flexibility index (Phi) is 10.0. The van der Waals surface area contributed by atoms with E-state index in [1.165, 1.54) is 26.4 Å². The van der Waals surface area contributed by atoms with E-state index >= 15 is 0 Å². The molecule has 268 valence electrons. The normalized spacial score (nSPS) is 16.5. The molecule has 0 aliphatic carbocycles. The molecule has 8 rings (SSSR count). The highest BCUT2D eigenvalue weighted by Crippen LogP contribution is 2.36.